The number of benzene rings is 1. The summed E-state index contributed by atoms with van der Waals surface area (Å²) >= 11 is 0. The molecule has 0 radical (unpaired) electrons. The molecule has 36 heavy (non-hydrogen) atoms. The first-order valence-electron chi connectivity index (χ1n) is 12.4. The molecule has 0 unspecified atom stereocenters. The molecular weight excluding hydrogens is 454 g/mol. The molecular formula is C27H29N7O2. The van der Waals surface area contributed by atoms with Crippen molar-refractivity contribution in [3.63, 3.8) is 0 Å². The van der Waals surface area contributed by atoms with E-state index in [9.17, 15) is 4.79 Å². The number of hydrogen-bond acceptors (Lipinski definition) is 7. The van der Waals surface area contributed by atoms with Gasteiger partial charge in [-0.05, 0) is 61.0 Å². The second kappa shape index (κ2) is 10.1. The monoisotopic (exact) mass is 483 g/mol. The molecule has 184 valence electrons. The van der Waals surface area contributed by atoms with Gasteiger partial charge in [-0.3, -0.25) is 29.7 Å². The second-order valence-corrected chi connectivity index (χ2v) is 9.42. The maximum atomic E-state index is 13.1. The van der Waals surface area contributed by atoms with E-state index in [2.05, 4.69) is 41.3 Å². The maximum absolute atomic E-state index is 13.1. The molecule has 3 aromatic heterocycles. The molecule has 2 fully saturated rings. The van der Waals surface area contributed by atoms with E-state index in [-0.39, 0.29) is 5.91 Å². The number of fused-ring (bicyclic) bond motifs is 1. The Morgan fingerprint density at radius 1 is 0.944 bits per heavy atom. The van der Waals surface area contributed by atoms with Gasteiger partial charge in [0.15, 0.2) is 5.69 Å². The van der Waals surface area contributed by atoms with Crippen molar-refractivity contribution in [2.45, 2.75) is 19.5 Å². The summed E-state index contributed by atoms with van der Waals surface area (Å²) in [5.41, 5.74) is 6.01. The van der Waals surface area contributed by atoms with Gasteiger partial charge in [0, 0.05) is 49.5 Å². The molecule has 0 saturated carbocycles. The third-order valence-corrected chi connectivity index (χ3v) is 6.83. The number of nitrogens with zero attached hydrogens (tertiary/aromatic N) is 5. The van der Waals surface area contributed by atoms with Gasteiger partial charge in [0.1, 0.15) is 0 Å². The zero-order valence-electron chi connectivity index (χ0n) is 20.1. The molecule has 2 aliphatic rings. The van der Waals surface area contributed by atoms with Gasteiger partial charge in [-0.25, -0.2) is 0 Å². The van der Waals surface area contributed by atoms with Crippen molar-refractivity contribution in [1.29, 1.82) is 0 Å². The molecule has 5 heterocycles. The summed E-state index contributed by atoms with van der Waals surface area (Å²) in [4.78, 5) is 26.8. The molecule has 0 aliphatic carbocycles. The molecule has 1 aromatic carbocycles. The highest BCUT2D eigenvalue weighted by molar-refractivity contribution is 6.11. The van der Waals surface area contributed by atoms with Gasteiger partial charge >= 0.3 is 0 Å². The third-order valence-electron chi connectivity index (χ3n) is 6.83. The van der Waals surface area contributed by atoms with Crippen LogP contribution in [0.15, 0.2) is 55.0 Å². The fourth-order valence-electron chi connectivity index (χ4n) is 4.67. The van der Waals surface area contributed by atoms with Crippen molar-refractivity contribution >= 4 is 22.5 Å². The fraction of sp³-hybridized carbons (Fsp3) is 0.333. The van der Waals surface area contributed by atoms with E-state index < -0.39 is 0 Å². The van der Waals surface area contributed by atoms with Crippen LogP contribution in [-0.4, -0.2) is 75.3 Å². The van der Waals surface area contributed by atoms with Crippen LogP contribution < -0.4 is 5.32 Å². The number of carbonyl (C=O) groups excluding carboxylic acids is 1. The smallest absolute Gasteiger partial charge is 0.276 e. The van der Waals surface area contributed by atoms with E-state index >= 15 is 0 Å². The van der Waals surface area contributed by atoms with Crippen LogP contribution in [-0.2, 0) is 17.8 Å². The first-order valence-corrected chi connectivity index (χ1v) is 12.4. The lowest BCUT2D eigenvalue weighted by molar-refractivity contribution is 0.0336. The Morgan fingerprint density at radius 2 is 1.81 bits per heavy atom. The number of ether oxygens (including phenoxy) is 1. The summed E-state index contributed by atoms with van der Waals surface area (Å²) in [5, 5.41) is 11.0. The average Bonchev–Trinajstić information content (AvgIpc) is 3.32. The van der Waals surface area contributed by atoms with E-state index in [0.717, 1.165) is 80.2 Å². The standard InChI is InChI=1S/C27H29N7O2/c35-27(30-22-3-4-23(29-16-22)18-34-8-10-36-11-9-34)26-24-13-20(2-5-25(24)31-32-26)21-12-19(14-28-15-21)17-33-6-1-7-33/h2-5,12-16H,1,6-11,17-18H2,(H,30,35)(H,31,32). The normalized spacial score (nSPS) is 16.7. The second-order valence-electron chi connectivity index (χ2n) is 9.42. The number of hydrogen-bond donors (Lipinski definition) is 2. The highest BCUT2D eigenvalue weighted by Gasteiger charge is 2.17. The molecule has 0 bridgehead atoms. The molecule has 6 rings (SSSR count). The summed E-state index contributed by atoms with van der Waals surface area (Å²) in [5.74, 6) is -0.272. The minimum atomic E-state index is -0.272. The van der Waals surface area contributed by atoms with E-state index in [4.69, 9.17) is 4.74 Å². The van der Waals surface area contributed by atoms with Gasteiger partial charge in [-0.1, -0.05) is 6.07 Å². The lowest BCUT2D eigenvalue weighted by Gasteiger charge is -2.30. The number of likely N-dealkylation sites (tertiary alicyclic amines) is 1. The van der Waals surface area contributed by atoms with Crippen LogP contribution >= 0.6 is 0 Å². The van der Waals surface area contributed by atoms with Crippen LogP contribution in [0.25, 0.3) is 22.0 Å². The summed E-state index contributed by atoms with van der Waals surface area (Å²) in [7, 11) is 0. The number of anilines is 1. The Kier molecular flexibility index (Phi) is 6.42. The number of pyridine rings is 2. The van der Waals surface area contributed by atoms with Crippen molar-refractivity contribution in [3.8, 4) is 11.1 Å². The SMILES string of the molecule is O=C(Nc1ccc(CN2CCOCC2)nc1)c1n[nH]c2ccc(-c3cncc(CN4CCC4)c3)cc12. The molecule has 0 spiro atoms. The quantitative estimate of drug-likeness (QED) is 0.416. The first-order chi connectivity index (χ1) is 17.7. The van der Waals surface area contributed by atoms with Crippen LogP contribution in [0.3, 0.4) is 0 Å². The number of aromatic nitrogens is 4. The molecule has 2 aliphatic heterocycles. The zero-order valence-corrected chi connectivity index (χ0v) is 20.1. The Morgan fingerprint density at radius 3 is 2.58 bits per heavy atom. The van der Waals surface area contributed by atoms with E-state index in [1.807, 2.05) is 42.7 Å². The predicted octanol–water partition coefficient (Wildman–Crippen LogP) is 3.31. The Balaban J connectivity index is 1.17. The van der Waals surface area contributed by atoms with Crippen LogP contribution in [0.5, 0.6) is 0 Å². The molecule has 2 saturated heterocycles. The predicted molar refractivity (Wildman–Crippen MR) is 138 cm³/mol. The number of nitrogens with one attached hydrogen (secondary N) is 2. The lowest BCUT2D eigenvalue weighted by Crippen LogP contribution is -2.36. The number of aromatic amines is 1. The van der Waals surface area contributed by atoms with Gasteiger partial charge in [-0.15, -0.1) is 0 Å². The highest BCUT2D eigenvalue weighted by Crippen LogP contribution is 2.27. The van der Waals surface area contributed by atoms with Crippen molar-refractivity contribution in [1.82, 2.24) is 30.0 Å². The molecule has 0 atom stereocenters. The van der Waals surface area contributed by atoms with Crippen LogP contribution in [0, 0.1) is 0 Å². The van der Waals surface area contributed by atoms with Gasteiger partial charge in [0.25, 0.3) is 5.91 Å². The summed E-state index contributed by atoms with van der Waals surface area (Å²) in [6.45, 7) is 7.33. The molecule has 9 nitrogen and oxygen atoms in total. The lowest BCUT2D eigenvalue weighted by atomic mass is 10.0. The van der Waals surface area contributed by atoms with Crippen LogP contribution in [0.4, 0.5) is 5.69 Å². The van der Waals surface area contributed by atoms with Gasteiger partial charge < -0.3 is 10.1 Å². The van der Waals surface area contributed by atoms with E-state index in [0.29, 0.717) is 11.4 Å². The highest BCUT2D eigenvalue weighted by atomic mass is 16.5. The van der Waals surface area contributed by atoms with Crippen molar-refractivity contribution < 1.29 is 9.53 Å². The number of H-pyrrole nitrogens is 1. The molecule has 4 aromatic rings. The number of rotatable bonds is 7. The minimum Gasteiger partial charge on any atom is -0.379 e. The Bertz CT molecular complexity index is 1360. The Hall–Kier alpha value is -3.66. The number of amides is 1. The van der Waals surface area contributed by atoms with Crippen molar-refractivity contribution in [3.05, 3.63) is 71.9 Å². The number of carbonyl (C=O) groups is 1. The maximum Gasteiger partial charge on any atom is 0.276 e. The van der Waals surface area contributed by atoms with Crippen LogP contribution in [0.1, 0.15) is 28.2 Å². The summed E-state index contributed by atoms with van der Waals surface area (Å²) in [6, 6.07) is 12.0. The fourth-order valence-corrected chi connectivity index (χ4v) is 4.67. The molecule has 1 amide bonds. The van der Waals surface area contributed by atoms with Crippen LogP contribution in [0.2, 0.25) is 0 Å². The summed E-state index contributed by atoms with van der Waals surface area (Å²) in [6.07, 6.45) is 6.76. The molecule has 9 heteroatoms. The summed E-state index contributed by atoms with van der Waals surface area (Å²) < 4.78 is 5.40. The number of morpholine rings is 1. The van der Waals surface area contributed by atoms with Crippen molar-refractivity contribution in [2.24, 2.45) is 0 Å². The average molecular weight is 484 g/mol. The Labute approximate surface area is 209 Å². The van der Waals surface area contributed by atoms with E-state index in [1.165, 1.54) is 12.0 Å². The van der Waals surface area contributed by atoms with Gasteiger partial charge in [0.2, 0.25) is 0 Å². The largest absolute Gasteiger partial charge is 0.379 e. The third kappa shape index (κ3) is 4.99. The van der Waals surface area contributed by atoms with E-state index in [1.54, 1.807) is 6.20 Å². The topological polar surface area (TPSA) is 99.3 Å². The van der Waals surface area contributed by atoms with Gasteiger partial charge in [-0.2, -0.15) is 5.10 Å². The molecule has 2 N–H and O–H groups in total. The van der Waals surface area contributed by atoms with Gasteiger partial charge in [0.05, 0.1) is 36.3 Å². The zero-order chi connectivity index (χ0) is 24.3. The first kappa shape index (κ1) is 22.8. The minimum absolute atomic E-state index is 0.272. The van der Waals surface area contributed by atoms with Crippen molar-refractivity contribution in [2.75, 3.05) is 44.7 Å².